The number of carbonyl (C=O) groups excluding carboxylic acids is 3. The summed E-state index contributed by atoms with van der Waals surface area (Å²) >= 11 is 12.7. The molecule has 1 saturated carbocycles. The predicted molar refractivity (Wildman–Crippen MR) is 121 cm³/mol. The minimum atomic E-state index is -0.466. The molecule has 0 radical (unpaired) electrons. The molecule has 1 aliphatic rings. The second-order valence-corrected chi connectivity index (χ2v) is 8.22. The Balaban J connectivity index is 1.63. The molecule has 0 aliphatic heterocycles. The van der Waals surface area contributed by atoms with Crippen LogP contribution in [0.25, 0.3) is 10.9 Å². The first-order valence-corrected chi connectivity index (χ1v) is 10.7. The molecule has 10 heteroatoms. The van der Waals surface area contributed by atoms with Crippen LogP contribution >= 0.6 is 23.2 Å². The molecule has 2 amide bonds. The molecule has 0 bridgehead atoms. The van der Waals surface area contributed by atoms with E-state index in [9.17, 15) is 14.4 Å². The fraction of sp³-hybridized carbons (Fsp3) is 0.273. The number of rotatable bonds is 7. The van der Waals surface area contributed by atoms with Gasteiger partial charge in [0.15, 0.2) is 0 Å². The van der Waals surface area contributed by atoms with Crippen molar-refractivity contribution in [2.24, 2.45) is 5.92 Å². The molecule has 0 atom stereocenters. The van der Waals surface area contributed by atoms with Crippen molar-refractivity contribution in [1.82, 2.24) is 14.9 Å². The summed E-state index contributed by atoms with van der Waals surface area (Å²) in [6, 6.07) is 6.16. The topological polar surface area (TPSA) is 102 Å². The van der Waals surface area contributed by atoms with Crippen LogP contribution in [0.15, 0.2) is 36.7 Å². The van der Waals surface area contributed by atoms with Crippen LogP contribution in [0.2, 0.25) is 10.0 Å². The average Bonchev–Trinajstić information content (AvgIpc) is 3.52. The fourth-order valence-electron chi connectivity index (χ4n) is 3.31. The molecule has 0 unspecified atom stereocenters. The number of fused-ring (bicyclic) bond motifs is 1. The lowest BCUT2D eigenvalue weighted by molar-refractivity contribution is -0.117. The minimum Gasteiger partial charge on any atom is -0.383 e. The maximum Gasteiger partial charge on any atom is 0.265 e. The number of hydrogen-bond acceptors (Lipinski definition) is 5. The number of aromatic nitrogens is 2. The van der Waals surface area contributed by atoms with Gasteiger partial charge in [-0.2, -0.15) is 0 Å². The van der Waals surface area contributed by atoms with Gasteiger partial charge < -0.3 is 15.4 Å². The standard InChI is InChI=1S/C22H20Cl2N4O4/c1-32-9-7-26-20(29)13-10-15(23)18(16(24)11-13)22(31)28-8-5-14-17(28)4-6-25-19(14)27-21(30)12-2-3-12/h4-6,8,10-12H,2-3,7,9H2,1H3,(H,26,29)(H,25,27,30). The highest BCUT2D eigenvalue weighted by atomic mass is 35.5. The molecule has 4 rings (SSSR count). The molecule has 2 N–H and O–H groups in total. The van der Waals surface area contributed by atoms with E-state index in [0.717, 1.165) is 12.8 Å². The van der Waals surface area contributed by atoms with E-state index in [1.807, 2.05) is 0 Å². The lowest BCUT2D eigenvalue weighted by atomic mass is 10.1. The van der Waals surface area contributed by atoms with Crippen LogP contribution in [0.4, 0.5) is 5.82 Å². The van der Waals surface area contributed by atoms with Crippen molar-refractivity contribution in [1.29, 1.82) is 0 Å². The van der Waals surface area contributed by atoms with Gasteiger partial charge in [0.25, 0.3) is 11.8 Å². The number of amides is 2. The summed E-state index contributed by atoms with van der Waals surface area (Å²) in [5.41, 5.74) is 0.851. The molecule has 2 heterocycles. The number of anilines is 1. The lowest BCUT2D eigenvalue weighted by Crippen LogP contribution is -2.27. The summed E-state index contributed by atoms with van der Waals surface area (Å²) in [5, 5.41) is 6.23. The lowest BCUT2D eigenvalue weighted by Gasteiger charge is -2.11. The smallest absolute Gasteiger partial charge is 0.265 e. The van der Waals surface area contributed by atoms with Crippen LogP contribution < -0.4 is 10.6 Å². The van der Waals surface area contributed by atoms with E-state index in [1.165, 1.54) is 30.0 Å². The van der Waals surface area contributed by atoms with Crippen molar-refractivity contribution < 1.29 is 19.1 Å². The Morgan fingerprint density at radius 1 is 1.19 bits per heavy atom. The van der Waals surface area contributed by atoms with E-state index in [4.69, 9.17) is 27.9 Å². The van der Waals surface area contributed by atoms with Gasteiger partial charge in [0.05, 0.1) is 27.7 Å². The molecule has 3 aromatic rings. The van der Waals surface area contributed by atoms with E-state index >= 15 is 0 Å². The van der Waals surface area contributed by atoms with Crippen LogP contribution in [-0.2, 0) is 9.53 Å². The van der Waals surface area contributed by atoms with Crippen molar-refractivity contribution in [3.8, 4) is 0 Å². The highest BCUT2D eigenvalue weighted by Gasteiger charge is 2.30. The van der Waals surface area contributed by atoms with Gasteiger partial charge in [-0.3, -0.25) is 19.0 Å². The van der Waals surface area contributed by atoms with Gasteiger partial charge >= 0.3 is 0 Å². The van der Waals surface area contributed by atoms with E-state index in [-0.39, 0.29) is 38.9 Å². The summed E-state index contributed by atoms with van der Waals surface area (Å²) in [7, 11) is 1.53. The first-order valence-electron chi connectivity index (χ1n) is 9.98. The highest BCUT2D eigenvalue weighted by Crippen LogP contribution is 2.32. The van der Waals surface area contributed by atoms with E-state index in [0.29, 0.717) is 29.9 Å². The van der Waals surface area contributed by atoms with Gasteiger partial charge in [-0.15, -0.1) is 0 Å². The third kappa shape index (κ3) is 4.48. The van der Waals surface area contributed by atoms with Crippen molar-refractivity contribution >= 4 is 57.6 Å². The molecule has 0 saturated heterocycles. The summed E-state index contributed by atoms with van der Waals surface area (Å²) in [6.07, 6.45) is 4.84. The van der Waals surface area contributed by atoms with Gasteiger partial charge in [-0.25, -0.2) is 4.98 Å². The SMILES string of the molecule is COCCNC(=O)c1cc(Cl)c(C(=O)n2ccc3c(NC(=O)C4CC4)nccc32)c(Cl)c1. The Kier molecular flexibility index (Phi) is 6.45. The molecular formula is C22H20Cl2N4O4. The van der Waals surface area contributed by atoms with Crippen molar-refractivity contribution in [3.63, 3.8) is 0 Å². The number of methoxy groups -OCH3 is 1. The molecule has 1 aromatic carbocycles. The van der Waals surface area contributed by atoms with Crippen LogP contribution in [0.3, 0.4) is 0 Å². The van der Waals surface area contributed by atoms with E-state index in [2.05, 4.69) is 15.6 Å². The van der Waals surface area contributed by atoms with Gasteiger partial charge in [-0.1, -0.05) is 23.2 Å². The van der Waals surface area contributed by atoms with Crippen molar-refractivity contribution in [2.75, 3.05) is 25.6 Å². The second kappa shape index (κ2) is 9.28. The van der Waals surface area contributed by atoms with Crippen LogP contribution in [0.1, 0.15) is 33.6 Å². The number of ether oxygens (including phenoxy) is 1. The summed E-state index contributed by atoms with van der Waals surface area (Å²) in [4.78, 5) is 41.9. The number of pyridine rings is 1. The monoisotopic (exact) mass is 474 g/mol. The maximum atomic E-state index is 13.3. The highest BCUT2D eigenvalue weighted by molar-refractivity contribution is 6.40. The molecule has 166 valence electrons. The molecule has 32 heavy (non-hydrogen) atoms. The van der Waals surface area contributed by atoms with E-state index < -0.39 is 5.91 Å². The number of halogens is 2. The quantitative estimate of drug-likeness (QED) is 0.507. The Labute approximate surface area is 193 Å². The Morgan fingerprint density at radius 2 is 1.91 bits per heavy atom. The first-order chi connectivity index (χ1) is 15.4. The fourth-order valence-corrected chi connectivity index (χ4v) is 3.95. The molecule has 2 aromatic heterocycles. The second-order valence-electron chi connectivity index (χ2n) is 7.41. The van der Waals surface area contributed by atoms with Gasteiger partial charge in [0.1, 0.15) is 5.82 Å². The maximum absolute atomic E-state index is 13.3. The molecule has 0 spiro atoms. The number of nitrogens with one attached hydrogen (secondary N) is 2. The van der Waals surface area contributed by atoms with Gasteiger partial charge in [-0.05, 0) is 37.1 Å². The first kappa shape index (κ1) is 22.3. The zero-order chi connectivity index (χ0) is 22.8. The number of nitrogens with zero attached hydrogens (tertiary/aromatic N) is 2. The zero-order valence-electron chi connectivity index (χ0n) is 17.2. The molecule has 1 fully saturated rings. The normalized spacial score (nSPS) is 13.2. The van der Waals surface area contributed by atoms with Gasteiger partial charge in [0, 0.05) is 42.9 Å². The third-order valence-corrected chi connectivity index (χ3v) is 5.73. The molecular weight excluding hydrogens is 455 g/mol. The Hall–Kier alpha value is -2.94. The number of carbonyl (C=O) groups is 3. The average molecular weight is 475 g/mol. The summed E-state index contributed by atoms with van der Waals surface area (Å²) < 4.78 is 6.29. The predicted octanol–water partition coefficient (Wildman–Crippen LogP) is 3.76. The summed E-state index contributed by atoms with van der Waals surface area (Å²) in [5.74, 6) is -0.496. The summed E-state index contributed by atoms with van der Waals surface area (Å²) in [6.45, 7) is 0.691. The third-order valence-electron chi connectivity index (χ3n) is 5.14. The van der Waals surface area contributed by atoms with Crippen LogP contribution in [0, 0.1) is 5.92 Å². The molecule has 1 aliphatic carbocycles. The largest absolute Gasteiger partial charge is 0.383 e. The van der Waals surface area contributed by atoms with Gasteiger partial charge in [0.2, 0.25) is 5.91 Å². The Bertz CT molecular complexity index is 1200. The zero-order valence-corrected chi connectivity index (χ0v) is 18.7. The van der Waals surface area contributed by atoms with Crippen LogP contribution in [0.5, 0.6) is 0 Å². The minimum absolute atomic E-state index is 0.0265. The van der Waals surface area contributed by atoms with Crippen molar-refractivity contribution in [3.05, 3.63) is 57.8 Å². The Morgan fingerprint density at radius 3 is 2.56 bits per heavy atom. The van der Waals surface area contributed by atoms with E-state index in [1.54, 1.807) is 18.3 Å². The molecule has 8 nitrogen and oxygen atoms in total. The van der Waals surface area contributed by atoms with Crippen LogP contribution in [-0.4, -0.2) is 47.5 Å². The number of hydrogen-bond donors (Lipinski definition) is 2. The van der Waals surface area contributed by atoms with Crippen molar-refractivity contribution in [2.45, 2.75) is 12.8 Å². The number of benzene rings is 1.